The van der Waals surface area contributed by atoms with Crippen LogP contribution in [-0.4, -0.2) is 12.1 Å². The molecule has 0 radical (unpaired) electrons. The number of nitrogens with one attached hydrogen (secondary N) is 1. The molecule has 0 saturated heterocycles. The van der Waals surface area contributed by atoms with Gasteiger partial charge in [0.25, 0.3) is 5.91 Å². The summed E-state index contributed by atoms with van der Waals surface area (Å²) in [6, 6.07) is 31.8. The van der Waals surface area contributed by atoms with Crippen molar-refractivity contribution in [2.75, 3.05) is 0 Å². The highest BCUT2D eigenvalue weighted by Crippen LogP contribution is 2.16. The van der Waals surface area contributed by atoms with Gasteiger partial charge >= 0.3 is 0 Å². The van der Waals surface area contributed by atoms with Crippen LogP contribution in [0.1, 0.15) is 27.0 Å². The second kappa shape index (κ2) is 11.7. The minimum atomic E-state index is -0.302. The average Bonchev–Trinajstić information content (AvgIpc) is 2.89. The molecule has 0 saturated carbocycles. The number of rotatable bonds is 9. The monoisotopic (exact) mass is 470 g/mol. The van der Waals surface area contributed by atoms with E-state index in [1.54, 1.807) is 30.5 Å². The first-order valence-corrected chi connectivity index (χ1v) is 11.1. The van der Waals surface area contributed by atoms with Crippen molar-refractivity contribution in [3.63, 3.8) is 0 Å². The lowest BCUT2D eigenvalue weighted by molar-refractivity contribution is 0.0955. The molecule has 4 aromatic rings. The number of nitrogens with zero attached hydrogens (tertiary/aromatic N) is 1. The van der Waals surface area contributed by atoms with Crippen LogP contribution in [0, 0.1) is 0 Å². The van der Waals surface area contributed by atoms with Gasteiger partial charge in [0.2, 0.25) is 0 Å². The number of hydrogen-bond donors (Lipinski definition) is 1. The molecule has 0 heterocycles. The van der Waals surface area contributed by atoms with Gasteiger partial charge in [0, 0.05) is 10.6 Å². The summed E-state index contributed by atoms with van der Waals surface area (Å²) in [5, 5.41) is 4.73. The van der Waals surface area contributed by atoms with Gasteiger partial charge in [0.15, 0.2) is 0 Å². The van der Waals surface area contributed by atoms with Crippen LogP contribution in [0.2, 0.25) is 5.02 Å². The highest BCUT2D eigenvalue weighted by Gasteiger charge is 2.05. The van der Waals surface area contributed by atoms with Gasteiger partial charge in [0.1, 0.15) is 24.7 Å². The zero-order valence-corrected chi connectivity index (χ0v) is 19.1. The Labute approximate surface area is 203 Å². The molecule has 1 amide bonds. The molecule has 0 aromatic heterocycles. The maximum atomic E-state index is 12.3. The minimum absolute atomic E-state index is 0.302. The molecule has 4 rings (SSSR count). The molecule has 4 aromatic carbocycles. The first kappa shape index (κ1) is 23.1. The molecule has 0 spiro atoms. The fourth-order valence-electron chi connectivity index (χ4n) is 3.07. The third kappa shape index (κ3) is 6.95. The highest BCUT2D eigenvalue weighted by atomic mass is 35.5. The minimum Gasteiger partial charge on any atom is -0.489 e. The summed E-state index contributed by atoms with van der Waals surface area (Å²) in [6.07, 6.45) is 1.59. The quantitative estimate of drug-likeness (QED) is 0.232. The third-order valence-corrected chi connectivity index (χ3v) is 5.20. The van der Waals surface area contributed by atoms with Crippen molar-refractivity contribution >= 4 is 23.7 Å². The number of benzene rings is 4. The van der Waals surface area contributed by atoms with Crippen LogP contribution in [0.25, 0.3) is 0 Å². The molecule has 1 N–H and O–H groups in total. The molecular formula is C28H23ClN2O3. The SMILES string of the molecule is O=C(N/N=C\c1ccc(OCc2ccccc2)cc1)c1ccc(OCc2ccc(Cl)cc2)cc1. The Kier molecular flexibility index (Phi) is 7.93. The van der Waals surface area contributed by atoms with Crippen LogP contribution >= 0.6 is 11.6 Å². The Morgan fingerprint density at radius 1 is 0.735 bits per heavy atom. The summed E-state index contributed by atoms with van der Waals surface area (Å²) in [5.74, 6) is 1.14. The van der Waals surface area contributed by atoms with E-state index >= 15 is 0 Å². The van der Waals surface area contributed by atoms with Crippen LogP contribution in [0.5, 0.6) is 11.5 Å². The van der Waals surface area contributed by atoms with Crippen LogP contribution in [-0.2, 0) is 13.2 Å². The topological polar surface area (TPSA) is 59.9 Å². The van der Waals surface area contributed by atoms with Crippen LogP contribution in [0.3, 0.4) is 0 Å². The summed E-state index contributed by atoms with van der Waals surface area (Å²) in [4.78, 5) is 12.3. The van der Waals surface area contributed by atoms with Gasteiger partial charge in [-0.25, -0.2) is 5.43 Å². The van der Waals surface area contributed by atoms with Crippen molar-refractivity contribution in [2.45, 2.75) is 13.2 Å². The van der Waals surface area contributed by atoms with Crippen molar-refractivity contribution < 1.29 is 14.3 Å². The first-order chi connectivity index (χ1) is 16.7. The van der Waals surface area contributed by atoms with Crippen molar-refractivity contribution in [3.8, 4) is 11.5 Å². The van der Waals surface area contributed by atoms with Gasteiger partial charge in [-0.1, -0.05) is 54.1 Å². The standard InChI is InChI=1S/C28H23ClN2O3/c29-25-12-6-23(7-13-25)20-34-27-16-10-24(11-17-27)28(32)31-30-18-21-8-14-26(15-9-21)33-19-22-4-2-1-3-5-22/h1-18H,19-20H2,(H,31,32)/b30-18-. The number of halogens is 1. The normalized spacial score (nSPS) is 10.7. The highest BCUT2D eigenvalue weighted by molar-refractivity contribution is 6.30. The van der Waals surface area contributed by atoms with Crippen LogP contribution in [0.15, 0.2) is 108 Å². The van der Waals surface area contributed by atoms with E-state index in [1.807, 2.05) is 78.9 Å². The van der Waals surface area contributed by atoms with Gasteiger partial charge in [-0.3, -0.25) is 4.79 Å². The van der Waals surface area contributed by atoms with E-state index in [4.69, 9.17) is 21.1 Å². The Morgan fingerprint density at radius 2 is 1.29 bits per heavy atom. The zero-order chi connectivity index (χ0) is 23.6. The fourth-order valence-corrected chi connectivity index (χ4v) is 3.20. The van der Waals surface area contributed by atoms with Crippen LogP contribution in [0.4, 0.5) is 0 Å². The first-order valence-electron chi connectivity index (χ1n) is 10.7. The van der Waals surface area contributed by atoms with Gasteiger partial charge in [-0.05, 0) is 77.4 Å². The van der Waals surface area contributed by atoms with E-state index < -0.39 is 0 Å². The Morgan fingerprint density at radius 3 is 1.91 bits per heavy atom. The Balaban J connectivity index is 1.23. The predicted molar refractivity (Wildman–Crippen MR) is 135 cm³/mol. The maximum absolute atomic E-state index is 12.3. The zero-order valence-electron chi connectivity index (χ0n) is 18.4. The molecule has 0 fully saturated rings. The molecule has 6 heteroatoms. The summed E-state index contributed by atoms with van der Waals surface area (Å²) >= 11 is 5.89. The summed E-state index contributed by atoms with van der Waals surface area (Å²) in [6.45, 7) is 0.929. The van der Waals surface area contributed by atoms with Crippen molar-refractivity contribution in [3.05, 3.63) is 130 Å². The number of hydrogen-bond acceptors (Lipinski definition) is 4. The van der Waals surface area contributed by atoms with E-state index in [9.17, 15) is 4.79 Å². The number of amides is 1. The fraction of sp³-hybridized carbons (Fsp3) is 0.0714. The van der Waals surface area contributed by atoms with Gasteiger partial charge < -0.3 is 9.47 Å². The molecule has 0 aliphatic rings. The van der Waals surface area contributed by atoms with Crippen molar-refractivity contribution in [1.82, 2.24) is 5.43 Å². The summed E-state index contributed by atoms with van der Waals surface area (Å²) in [7, 11) is 0. The predicted octanol–water partition coefficient (Wildman–Crippen LogP) is 6.26. The summed E-state index contributed by atoms with van der Waals surface area (Å²) in [5.41, 5.74) is 5.99. The van der Waals surface area contributed by atoms with Crippen LogP contribution < -0.4 is 14.9 Å². The van der Waals surface area contributed by atoms with E-state index in [0.717, 1.165) is 22.4 Å². The number of carbonyl (C=O) groups is 1. The lowest BCUT2D eigenvalue weighted by Crippen LogP contribution is -2.17. The van der Waals surface area contributed by atoms with E-state index in [-0.39, 0.29) is 5.91 Å². The van der Waals surface area contributed by atoms with E-state index in [2.05, 4.69) is 10.5 Å². The van der Waals surface area contributed by atoms with Gasteiger partial charge in [-0.2, -0.15) is 5.10 Å². The van der Waals surface area contributed by atoms with Gasteiger partial charge in [0.05, 0.1) is 6.21 Å². The molecule has 0 aliphatic heterocycles. The Bertz CT molecular complexity index is 1220. The van der Waals surface area contributed by atoms with Crippen molar-refractivity contribution in [2.24, 2.45) is 5.10 Å². The third-order valence-electron chi connectivity index (χ3n) is 4.94. The number of hydrazone groups is 1. The second-order valence-electron chi connectivity index (χ2n) is 7.48. The maximum Gasteiger partial charge on any atom is 0.271 e. The summed E-state index contributed by atoms with van der Waals surface area (Å²) < 4.78 is 11.5. The lowest BCUT2D eigenvalue weighted by atomic mass is 10.2. The Hall–Kier alpha value is -4.09. The molecule has 0 unspecified atom stereocenters. The second-order valence-corrected chi connectivity index (χ2v) is 7.92. The smallest absolute Gasteiger partial charge is 0.271 e. The average molecular weight is 471 g/mol. The molecule has 34 heavy (non-hydrogen) atoms. The molecule has 0 bridgehead atoms. The largest absolute Gasteiger partial charge is 0.489 e. The number of ether oxygens (including phenoxy) is 2. The number of carbonyl (C=O) groups excluding carboxylic acids is 1. The molecular weight excluding hydrogens is 448 g/mol. The van der Waals surface area contributed by atoms with Crippen molar-refractivity contribution in [1.29, 1.82) is 0 Å². The van der Waals surface area contributed by atoms with Gasteiger partial charge in [-0.15, -0.1) is 0 Å². The van der Waals surface area contributed by atoms with E-state index in [0.29, 0.717) is 29.5 Å². The molecule has 170 valence electrons. The lowest BCUT2D eigenvalue weighted by Gasteiger charge is -2.07. The molecule has 0 aliphatic carbocycles. The molecule has 5 nitrogen and oxygen atoms in total. The van der Waals surface area contributed by atoms with E-state index in [1.165, 1.54) is 0 Å². The molecule has 0 atom stereocenters.